The zero-order valence-electron chi connectivity index (χ0n) is 9.29. The van der Waals surface area contributed by atoms with Gasteiger partial charge in [-0.25, -0.2) is 0 Å². The van der Waals surface area contributed by atoms with Crippen LogP contribution >= 0.6 is 35.6 Å². The highest BCUT2D eigenvalue weighted by Crippen LogP contribution is 2.25. The Morgan fingerprint density at radius 3 is 2.71 bits per heavy atom. The molecule has 0 atom stereocenters. The molecule has 0 saturated heterocycles. The molecule has 0 amide bonds. The average molecular weight is 301 g/mol. The summed E-state index contributed by atoms with van der Waals surface area (Å²) in [5.41, 5.74) is 0.969. The van der Waals surface area contributed by atoms with Gasteiger partial charge >= 0.3 is 0 Å². The Labute approximate surface area is 117 Å². The van der Waals surface area contributed by atoms with Crippen molar-refractivity contribution >= 4 is 35.6 Å². The predicted octanol–water partition coefficient (Wildman–Crippen LogP) is 2.51. The molecule has 1 aromatic carbocycles. The van der Waals surface area contributed by atoms with E-state index in [2.05, 4.69) is 5.32 Å². The van der Waals surface area contributed by atoms with Crippen LogP contribution in [0, 0.1) is 0 Å². The van der Waals surface area contributed by atoms with Crippen LogP contribution in [0.1, 0.15) is 5.56 Å². The van der Waals surface area contributed by atoms with Crippen molar-refractivity contribution < 1.29 is 9.84 Å². The van der Waals surface area contributed by atoms with Crippen molar-refractivity contribution in [1.82, 2.24) is 5.32 Å². The molecule has 0 aliphatic heterocycles. The van der Waals surface area contributed by atoms with Crippen LogP contribution in [0.25, 0.3) is 0 Å². The topological polar surface area (TPSA) is 41.5 Å². The van der Waals surface area contributed by atoms with Crippen molar-refractivity contribution in [1.29, 1.82) is 0 Å². The van der Waals surface area contributed by atoms with Gasteiger partial charge in [0.1, 0.15) is 0 Å². The van der Waals surface area contributed by atoms with E-state index in [1.54, 1.807) is 6.07 Å². The lowest BCUT2D eigenvalue weighted by atomic mass is 10.2. The number of benzene rings is 1. The average Bonchev–Trinajstić information content (AvgIpc) is 2.29. The second kappa shape index (κ2) is 9.95. The molecule has 0 heterocycles. The fraction of sp³-hybridized carbons (Fsp3) is 0.455. The molecule has 0 aromatic heterocycles. The highest BCUT2D eigenvalue weighted by atomic mass is 35.5. The van der Waals surface area contributed by atoms with E-state index in [-0.39, 0.29) is 19.0 Å². The Bertz CT molecular complexity index is 324. The van der Waals surface area contributed by atoms with Crippen LogP contribution in [-0.2, 0) is 11.3 Å². The first-order valence-electron chi connectivity index (χ1n) is 5.08. The Morgan fingerprint density at radius 1 is 1.24 bits per heavy atom. The highest BCUT2D eigenvalue weighted by Gasteiger charge is 2.02. The maximum Gasteiger partial charge on any atom is 0.0698 e. The second-order valence-electron chi connectivity index (χ2n) is 3.23. The number of nitrogens with one attached hydrogen (secondary N) is 1. The van der Waals surface area contributed by atoms with Crippen LogP contribution in [0.2, 0.25) is 10.0 Å². The summed E-state index contributed by atoms with van der Waals surface area (Å²) in [6, 6.07) is 5.56. The molecular weight excluding hydrogens is 284 g/mol. The van der Waals surface area contributed by atoms with E-state index in [9.17, 15) is 0 Å². The van der Waals surface area contributed by atoms with Crippen molar-refractivity contribution in [2.24, 2.45) is 0 Å². The van der Waals surface area contributed by atoms with Crippen molar-refractivity contribution in [3.8, 4) is 0 Å². The maximum absolute atomic E-state index is 8.49. The molecule has 0 bridgehead atoms. The van der Waals surface area contributed by atoms with Crippen molar-refractivity contribution in [2.45, 2.75) is 6.54 Å². The lowest BCUT2D eigenvalue weighted by molar-refractivity contribution is 0.0938. The molecular formula is C11H16Cl3NO2. The summed E-state index contributed by atoms with van der Waals surface area (Å²) in [7, 11) is 0. The van der Waals surface area contributed by atoms with E-state index in [0.29, 0.717) is 36.3 Å². The summed E-state index contributed by atoms with van der Waals surface area (Å²) in [6.45, 7) is 2.36. The molecule has 17 heavy (non-hydrogen) atoms. The van der Waals surface area contributed by atoms with Gasteiger partial charge in [0.2, 0.25) is 0 Å². The first-order valence-corrected chi connectivity index (χ1v) is 5.83. The van der Waals surface area contributed by atoms with Gasteiger partial charge in [-0.1, -0.05) is 35.3 Å². The SMILES string of the molecule is Cl.OCCOCCNCc1cccc(Cl)c1Cl. The second-order valence-corrected chi connectivity index (χ2v) is 4.01. The molecule has 0 spiro atoms. The van der Waals surface area contributed by atoms with Gasteiger partial charge in [-0.05, 0) is 11.6 Å². The first-order chi connectivity index (χ1) is 7.75. The standard InChI is InChI=1S/C11H15Cl2NO2.ClH/c12-10-3-1-2-9(11(10)13)8-14-4-6-16-7-5-15;/h1-3,14-15H,4-8H2;1H. The third-order valence-electron chi connectivity index (χ3n) is 2.01. The van der Waals surface area contributed by atoms with Crippen LogP contribution < -0.4 is 5.32 Å². The molecule has 1 aromatic rings. The first kappa shape index (κ1) is 17.0. The fourth-order valence-electron chi connectivity index (χ4n) is 1.22. The molecule has 0 unspecified atom stereocenters. The molecule has 98 valence electrons. The van der Waals surface area contributed by atoms with Crippen molar-refractivity contribution in [3.63, 3.8) is 0 Å². The molecule has 0 aliphatic rings. The van der Waals surface area contributed by atoms with E-state index in [0.717, 1.165) is 5.56 Å². The zero-order valence-corrected chi connectivity index (χ0v) is 11.6. The van der Waals surface area contributed by atoms with Gasteiger partial charge in [-0.2, -0.15) is 0 Å². The van der Waals surface area contributed by atoms with E-state index in [1.165, 1.54) is 0 Å². The van der Waals surface area contributed by atoms with E-state index >= 15 is 0 Å². The van der Waals surface area contributed by atoms with Crippen LogP contribution in [0.15, 0.2) is 18.2 Å². The van der Waals surface area contributed by atoms with Gasteiger partial charge in [0.25, 0.3) is 0 Å². The monoisotopic (exact) mass is 299 g/mol. The number of hydrogen-bond donors (Lipinski definition) is 2. The number of rotatable bonds is 7. The molecule has 0 fully saturated rings. The highest BCUT2D eigenvalue weighted by molar-refractivity contribution is 6.42. The van der Waals surface area contributed by atoms with Crippen LogP contribution in [0.4, 0.5) is 0 Å². The van der Waals surface area contributed by atoms with Crippen LogP contribution in [-0.4, -0.2) is 31.5 Å². The third-order valence-corrected chi connectivity index (χ3v) is 2.86. The summed E-state index contributed by atoms with van der Waals surface area (Å²) in [5, 5.41) is 12.8. The van der Waals surface area contributed by atoms with Crippen LogP contribution in [0.3, 0.4) is 0 Å². The smallest absolute Gasteiger partial charge is 0.0698 e. The summed E-state index contributed by atoms with van der Waals surface area (Å²) in [5.74, 6) is 0. The fourth-order valence-corrected chi connectivity index (χ4v) is 1.61. The minimum atomic E-state index is 0. The minimum absolute atomic E-state index is 0. The Kier molecular flexibility index (Phi) is 9.93. The van der Waals surface area contributed by atoms with Gasteiger partial charge in [0, 0.05) is 13.1 Å². The summed E-state index contributed by atoms with van der Waals surface area (Å²) in [6.07, 6.45) is 0. The molecule has 0 saturated carbocycles. The van der Waals surface area contributed by atoms with Crippen molar-refractivity contribution in [2.75, 3.05) is 26.4 Å². The molecule has 0 aliphatic carbocycles. The molecule has 1 rings (SSSR count). The van der Waals surface area contributed by atoms with E-state index < -0.39 is 0 Å². The molecule has 3 nitrogen and oxygen atoms in total. The quantitative estimate of drug-likeness (QED) is 0.760. The summed E-state index contributed by atoms with van der Waals surface area (Å²) < 4.78 is 5.10. The summed E-state index contributed by atoms with van der Waals surface area (Å²) >= 11 is 11.9. The Hall–Kier alpha value is -0.0300. The summed E-state index contributed by atoms with van der Waals surface area (Å²) in [4.78, 5) is 0. The number of ether oxygens (including phenoxy) is 1. The van der Waals surface area contributed by atoms with Gasteiger partial charge < -0.3 is 15.2 Å². The van der Waals surface area contributed by atoms with Gasteiger partial charge in [-0.3, -0.25) is 0 Å². The largest absolute Gasteiger partial charge is 0.394 e. The third kappa shape index (κ3) is 6.46. The number of hydrogen-bond acceptors (Lipinski definition) is 3. The van der Waals surface area contributed by atoms with Gasteiger partial charge in [0.05, 0.1) is 29.9 Å². The lowest BCUT2D eigenvalue weighted by Gasteiger charge is -2.07. The van der Waals surface area contributed by atoms with E-state index in [4.69, 9.17) is 33.0 Å². The van der Waals surface area contributed by atoms with Crippen LogP contribution in [0.5, 0.6) is 0 Å². The molecule has 2 N–H and O–H groups in total. The number of halogens is 3. The van der Waals surface area contributed by atoms with Gasteiger partial charge in [-0.15, -0.1) is 12.4 Å². The van der Waals surface area contributed by atoms with Crippen molar-refractivity contribution in [3.05, 3.63) is 33.8 Å². The maximum atomic E-state index is 8.49. The zero-order chi connectivity index (χ0) is 11.8. The molecule has 0 radical (unpaired) electrons. The lowest BCUT2D eigenvalue weighted by Crippen LogP contribution is -2.20. The Balaban J connectivity index is 0.00000256. The van der Waals surface area contributed by atoms with Gasteiger partial charge in [0.15, 0.2) is 0 Å². The number of aliphatic hydroxyl groups is 1. The Morgan fingerprint density at radius 2 is 2.00 bits per heavy atom. The minimum Gasteiger partial charge on any atom is -0.394 e. The predicted molar refractivity (Wildman–Crippen MR) is 73.3 cm³/mol. The normalized spacial score (nSPS) is 10.1. The molecule has 6 heteroatoms. The van der Waals surface area contributed by atoms with E-state index in [1.807, 2.05) is 12.1 Å². The number of aliphatic hydroxyl groups excluding tert-OH is 1.